The summed E-state index contributed by atoms with van der Waals surface area (Å²) >= 11 is 11.3. The molecule has 2 saturated heterocycles. The second-order valence-corrected chi connectivity index (χ2v) is 8.38. The van der Waals surface area contributed by atoms with Gasteiger partial charge in [-0.3, -0.25) is 4.79 Å². The lowest BCUT2D eigenvalue weighted by Gasteiger charge is -2.56. The summed E-state index contributed by atoms with van der Waals surface area (Å²) in [5.74, 6) is -0.0460. The molecule has 1 atom stereocenters. The second kappa shape index (κ2) is 8.80. The molecule has 2 fully saturated rings. The van der Waals surface area contributed by atoms with E-state index >= 15 is 0 Å². The third-order valence-corrected chi connectivity index (χ3v) is 6.03. The molecule has 0 aliphatic carbocycles. The van der Waals surface area contributed by atoms with Crippen LogP contribution in [0.4, 0.5) is 0 Å². The zero-order chi connectivity index (χ0) is 19.4. The van der Waals surface area contributed by atoms with E-state index in [-0.39, 0.29) is 5.91 Å². The Bertz CT molecular complexity index is 554. The van der Waals surface area contributed by atoms with Gasteiger partial charge in [0, 0.05) is 26.2 Å². The van der Waals surface area contributed by atoms with Crippen LogP contribution in [0.2, 0.25) is 0 Å². The standard InChI is InChI=1S/C18H33N5OS2/c1-5-7-8-9-10-18(23-16(26)21-14(24)17(23,3)4)13-19-11-12-22(18)15(25)20-6-2/h19H,5-13H2,1-4H3,(H,20,25)(H,21,24,26). The van der Waals surface area contributed by atoms with E-state index in [1.54, 1.807) is 0 Å². The van der Waals surface area contributed by atoms with Gasteiger partial charge >= 0.3 is 0 Å². The second-order valence-electron chi connectivity index (χ2n) is 7.61. The summed E-state index contributed by atoms with van der Waals surface area (Å²) in [5, 5.41) is 10.9. The minimum Gasteiger partial charge on any atom is -0.363 e. The van der Waals surface area contributed by atoms with Crippen molar-refractivity contribution in [1.29, 1.82) is 0 Å². The van der Waals surface area contributed by atoms with Gasteiger partial charge in [0.25, 0.3) is 5.91 Å². The average Bonchev–Trinajstić information content (AvgIpc) is 2.79. The minimum atomic E-state index is -0.707. The maximum atomic E-state index is 12.6. The zero-order valence-corrected chi connectivity index (χ0v) is 18.1. The summed E-state index contributed by atoms with van der Waals surface area (Å²) in [6.07, 6.45) is 5.56. The number of thiocarbonyl (C=S) groups is 2. The van der Waals surface area contributed by atoms with Gasteiger partial charge in [0.2, 0.25) is 0 Å². The number of rotatable bonds is 7. The number of amides is 1. The molecule has 2 rings (SSSR count). The van der Waals surface area contributed by atoms with Crippen molar-refractivity contribution in [2.24, 2.45) is 0 Å². The number of piperazine rings is 1. The molecule has 1 amide bonds. The van der Waals surface area contributed by atoms with Crippen LogP contribution in [0.3, 0.4) is 0 Å². The summed E-state index contributed by atoms with van der Waals surface area (Å²) in [6, 6.07) is 0. The number of hydrogen-bond acceptors (Lipinski definition) is 4. The van der Waals surface area contributed by atoms with Gasteiger partial charge in [0.1, 0.15) is 11.2 Å². The van der Waals surface area contributed by atoms with Crippen LogP contribution in [0, 0.1) is 0 Å². The number of unbranched alkanes of at least 4 members (excludes halogenated alkanes) is 3. The van der Waals surface area contributed by atoms with Crippen molar-refractivity contribution in [3.63, 3.8) is 0 Å². The highest BCUT2D eigenvalue weighted by Gasteiger charge is 2.56. The Labute approximate surface area is 168 Å². The van der Waals surface area contributed by atoms with E-state index in [0.717, 1.165) is 44.1 Å². The van der Waals surface area contributed by atoms with Gasteiger partial charge in [0.05, 0.1) is 0 Å². The first-order chi connectivity index (χ1) is 12.3. The van der Waals surface area contributed by atoms with Gasteiger partial charge in [-0.1, -0.05) is 26.2 Å². The van der Waals surface area contributed by atoms with Gasteiger partial charge in [-0.15, -0.1) is 0 Å². The maximum Gasteiger partial charge on any atom is 0.251 e. The quantitative estimate of drug-likeness (QED) is 0.447. The molecule has 0 radical (unpaired) electrons. The van der Waals surface area contributed by atoms with Crippen LogP contribution >= 0.6 is 24.4 Å². The predicted molar refractivity (Wildman–Crippen MR) is 114 cm³/mol. The summed E-state index contributed by atoms with van der Waals surface area (Å²) in [7, 11) is 0. The number of nitrogens with zero attached hydrogens (tertiary/aromatic N) is 2. The van der Waals surface area contributed by atoms with E-state index in [9.17, 15) is 4.79 Å². The molecule has 2 aliphatic rings. The molecule has 0 aromatic carbocycles. The van der Waals surface area contributed by atoms with Crippen molar-refractivity contribution in [1.82, 2.24) is 25.8 Å². The zero-order valence-electron chi connectivity index (χ0n) is 16.5. The molecule has 6 nitrogen and oxygen atoms in total. The summed E-state index contributed by atoms with van der Waals surface area (Å²) in [6.45, 7) is 11.3. The maximum absolute atomic E-state index is 12.6. The van der Waals surface area contributed by atoms with Gasteiger partial charge in [-0.2, -0.15) is 0 Å². The molecule has 0 spiro atoms. The number of carbonyl (C=O) groups is 1. The fourth-order valence-electron chi connectivity index (χ4n) is 4.06. The SMILES string of the molecule is CCCCCCC1(N2C(=S)NC(=O)C2(C)C)CNCCN1C(=S)NCC. The van der Waals surface area contributed by atoms with Crippen molar-refractivity contribution in [3.05, 3.63) is 0 Å². The number of nitrogens with one attached hydrogen (secondary N) is 3. The first-order valence-electron chi connectivity index (χ1n) is 9.73. The van der Waals surface area contributed by atoms with Crippen molar-refractivity contribution in [2.45, 2.75) is 71.0 Å². The van der Waals surface area contributed by atoms with Gasteiger partial charge in [-0.25, -0.2) is 0 Å². The molecular formula is C18H33N5OS2. The first-order valence-corrected chi connectivity index (χ1v) is 10.5. The Morgan fingerprint density at radius 1 is 1.27 bits per heavy atom. The molecule has 0 saturated carbocycles. The fraction of sp³-hybridized carbons (Fsp3) is 0.833. The first kappa shape index (κ1) is 21.3. The molecule has 2 aliphatic heterocycles. The normalized spacial score (nSPS) is 25.4. The monoisotopic (exact) mass is 399 g/mol. The van der Waals surface area contributed by atoms with Gasteiger partial charge < -0.3 is 25.8 Å². The van der Waals surface area contributed by atoms with Crippen LogP contribution in [0.15, 0.2) is 0 Å². The van der Waals surface area contributed by atoms with Crippen LogP contribution in [-0.2, 0) is 4.79 Å². The highest BCUT2D eigenvalue weighted by atomic mass is 32.1. The summed E-state index contributed by atoms with van der Waals surface area (Å²) < 4.78 is 0. The van der Waals surface area contributed by atoms with Crippen LogP contribution in [0.1, 0.15) is 59.8 Å². The molecule has 0 aromatic rings. The Morgan fingerprint density at radius 3 is 2.58 bits per heavy atom. The molecule has 148 valence electrons. The minimum absolute atomic E-state index is 0.0460. The molecule has 3 N–H and O–H groups in total. The molecule has 0 aromatic heterocycles. The van der Waals surface area contributed by atoms with Crippen LogP contribution < -0.4 is 16.0 Å². The van der Waals surface area contributed by atoms with Gasteiger partial charge in [0.15, 0.2) is 10.2 Å². The molecule has 2 heterocycles. The van der Waals surface area contributed by atoms with Gasteiger partial charge in [-0.05, 0) is 58.0 Å². The van der Waals surface area contributed by atoms with E-state index in [2.05, 4.69) is 32.7 Å². The number of carbonyl (C=O) groups excluding carboxylic acids is 1. The highest BCUT2D eigenvalue weighted by molar-refractivity contribution is 7.80. The average molecular weight is 400 g/mol. The topological polar surface area (TPSA) is 59.6 Å². The van der Waals surface area contributed by atoms with Crippen molar-refractivity contribution >= 4 is 40.6 Å². The van der Waals surface area contributed by atoms with Crippen molar-refractivity contribution in [3.8, 4) is 0 Å². The predicted octanol–water partition coefficient (Wildman–Crippen LogP) is 1.95. The van der Waals surface area contributed by atoms with Crippen LogP contribution in [-0.4, -0.2) is 63.3 Å². The van der Waals surface area contributed by atoms with E-state index < -0.39 is 11.2 Å². The lowest BCUT2D eigenvalue weighted by Crippen LogP contribution is -2.75. The van der Waals surface area contributed by atoms with E-state index in [1.165, 1.54) is 19.3 Å². The van der Waals surface area contributed by atoms with E-state index in [1.807, 2.05) is 20.8 Å². The lowest BCUT2D eigenvalue weighted by atomic mass is 9.90. The summed E-state index contributed by atoms with van der Waals surface area (Å²) in [5.41, 5.74) is -1.15. The molecule has 8 heteroatoms. The third kappa shape index (κ3) is 3.97. The molecular weight excluding hydrogens is 366 g/mol. The molecule has 0 bridgehead atoms. The number of hydrogen-bond donors (Lipinski definition) is 3. The molecule has 26 heavy (non-hydrogen) atoms. The third-order valence-electron chi connectivity index (χ3n) is 5.38. The Kier molecular flexibility index (Phi) is 7.21. The van der Waals surface area contributed by atoms with Crippen molar-refractivity contribution < 1.29 is 4.79 Å². The Morgan fingerprint density at radius 2 is 2.00 bits per heavy atom. The van der Waals surface area contributed by atoms with Crippen molar-refractivity contribution in [2.75, 3.05) is 26.2 Å². The largest absolute Gasteiger partial charge is 0.363 e. The highest BCUT2D eigenvalue weighted by Crippen LogP contribution is 2.37. The van der Waals surface area contributed by atoms with Crippen LogP contribution in [0.25, 0.3) is 0 Å². The summed E-state index contributed by atoms with van der Waals surface area (Å²) in [4.78, 5) is 16.9. The fourth-order valence-corrected chi connectivity index (χ4v) is 4.96. The Balaban J connectivity index is 2.41. The smallest absolute Gasteiger partial charge is 0.251 e. The van der Waals surface area contributed by atoms with E-state index in [0.29, 0.717) is 5.11 Å². The molecule has 1 unspecified atom stereocenters. The van der Waals surface area contributed by atoms with E-state index in [4.69, 9.17) is 24.4 Å². The Hall–Kier alpha value is -0.990. The van der Waals surface area contributed by atoms with Crippen LogP contribution in [0.5, 0.6) is 0 Å². The lowest BCUT2D eigenvalue weighted by molar-refractivity contribution is -0.130.